The summed E-state index contributed by atoms with van der Waals surface area (Å²) in [5, 5.41) is 0. The van der Waals surface area contributed by atoms with E-state index in [1.54, 1.807) is 6.08 Å². The Hall–Kier alpha value is -2.36. The van der Waals surface area contributed by atoms with E-state index in [1.807, 2.05) is 32.0 Å². The first-order valence-corrected chi connectivity index (χ1v) is 8.98. The summed E-state index contributed by atoms with van der Waals surface area (Å²) < 4.78 is 0. The van der Waals surface area contributed by atoms with Gasteiger partial charge in [-0.3, -0.25) is 14.5 Å². The molecule has 0 spiro atoms. The van der Waals surface area contributed by atoms with Crippen LogP contribution in [0.2, 0.25) is 0 Å². The second-order valence-electron chi connectivity index (χ2n) is 7.20. The number of nitrogens with zero attached hydrogens (tertiary/aromatic N) is 2. The first-order chi connectivity index (χ1) is 11.9. The van der Waals surface area contributed by atoms with Crippen LogP contribution < -0.4 is 0 Å². The van der Waals surface area contributed by atoms with Crippen molar-refractivity contribution in [1.82, 2.24) is 9.80 Å². The molecule has 0 aromatic heterocycles. The van der Waals surface area contributed by atoms with Crippen LogP contribution in [-0.2, 0) is 9.59 Å². The van der Waals surface area contributed by atoms with Gasteiger partial charge in [-0.2, -0.15) is 0 Å². The normalized spacial score (nSPS) is 19.2. The third-order valence-corrected chi connectivity index (χ3v) is 5.35. The number of rotatable bonds is 4. The molecule has 1 fully saturated rings. The minimum atomic E-state index is -0.207. The highest BCUT2D eigenvalue weighted by atomic mass is 16.2. The summed E-state index contributed by atoms with van der Waals surface area (Å²) in [6.45, 7) is 11.9. The smallest absolute Gasteiger partial charge is 0.278 e. The Bertz CT molecular complexity index is 755. The van der Waals surface area contributed by atoms with Crippen LogP contribution in [0, 0.1) is 19.8 Å². The number of piperidine rings is 1. The van der Waals surface area contributed by atoms with Crippen molar-refractivity contribution >= 4 is 17.4 Å². The van der Waals surface area contributed by atoms with Crippen LogP contribution in [0.25, 0.3) is 5.57 Å². The van der Waals surface area contributed by atoms with E-state index in [0.717, 1.165) is 37.1 Å². The van der Waals surface area contributed by atoms with Crippen molar-refractivity contribution in [2.75, 3.05) is 19.6 Å². The Labute approximate surface area is 149 Å². The monoisotopic (exact) mass is 338 g/mol. The predicted molar refractivity (Wildman–Crippen MR) is 99.7 cm³/mol. The third kappa shape index (κ3) is 3.13. The van der Waals surface area contributed by atoms with Crippen LogP contribution in [0.5, 0.6) is 0 Å². The molecule has 132 valence electrons. The van der Waals surface area contributed by atoms with E-state index in [2.05, 4.69) is 18.4 Å². The Morgan fingerprint density at radius 3 is 2.40 bits per heavy atom. The Morgan fingerprint density at radius 2 is 1.80 bits per heavy atom. The maximum absolute atomic E-state index is 13.0. The van der Waals surface area contributed by atoms with Gasteiger partial charge in [-0.05, 0) is 49.3 Å². The fourth-order valence-electron chi connectivity index (χ4n) is 3.54. The van der Waals surface area contributed by atoms with Crippen LogP contribution in [0.1, 0.15) is 36.5 Å². The lowest BCUT2D eigenvalue weighted by molar-refractivity contribution is -0.137. The standard InChI is InChI=1S/C21H26N2O2/c1-5-10-23-20(24)18(17-7-6-15(3)16(4)13-17)19(21(23)25)22-11-8-14(2)9-12-22/h5-7,13-14H,1,8-12H2,2-4H3. The number of carbonyl (C=O) groups is 2. The first-order valence-electron chi connectivity index (χ1n) is 8.98. The number of aryl methyl sites for hydroxylation is 2. The molecule has 0 atom stereocenters. The minimum absolute atomic E-state index is 0.187. The van der Waals surface area contributed by atoms with E-state index in [0.29, 0.717) is 17.2 Å². The van der Waals surface area contributed by atoms with Crippen molar-refractivity contribution < 1.29 is 9.59 Å². The van der Waals surface area contributed by atoms with Crippen LogP contribution >= 0.6 is 0 Å². The fourth-order valence-corrected chi connectivity index (χ4v) is 3.54. The average molecular weight is 338 g/mol. The number of imide groups is 1. The number of amides is 2. The molecular weight excluding hydrogens is 312 g/mol. The summed E-state index contributed by atoms with van der Waals surface area (Å²) in [7, 11) is 0. The molecular formula is C21H26N2O2. The number of carbonyl (C=O) groups excluding carboxylic acids is 2. The van der Waals surface area contributed by atoms with E-state index in [1.165, 1.54) is 10.5 Å². The Morgan fingerprint density at radius 1 is 1.12 bits per heavy atom. The number of benzene rings is 1. The molecule has 0 bridgehead atoms. The van der Waals surface area contributed by atoms with E-state index >= 15 is 0 Å². The maximum Gasteiger partial charge on any atom is 0.278 e. The van der Waals surface area contributed by atoms with Crippen molar-refractivity contribution in [3.63, 3.8) is 0 Å². The minimum Gasteiger partial charge on any atom is -0.366 e. The second-order valence-corrected chi connectivity index (χ2v) is 7.20. The summed E-state index contributed by atoms with van der Waals surface area (Å²) in [6, 6.07) is 5.98. The van der Waals surface area contributed by atoms with Crippen LogP contribution in [0.4, 0.5) is 0 Å². The van der Waals surface area contributed by atoms with Gasteiger partial charge in [0.05, 0.1) is 5.57 Å². The molecule has 1 aromatic rings. The molecule has 0 radical (unpaired) electrons. The van der Waals surface area contributed by atoms with Gasteiger partial charge in [-0.1, -0.05) is 31.2 Å². The van der Waals surface area contributed by atoms with Gasteiger partial charge in [0.25, 0.3) is 11.8 Å². The van der Waals surface area contributed by atoms with Crippen molar-refractivity contribution in [2.24, 2.45) is 5.92 Å². The molecule has 0 unspecified atom stereocenters. The fraction of sp³-hybridized carbons (Fsp3) is 0.429. The molecule has 0 aliphatic carbocycles. The second kappa shape index (κ2) is 6.87. The molecule has 2 aliphatic rings. The lowest BCUT2D eigenvalue weighted by Crippen LogP contribution is -2.38. The number of hydrogen-bond donors (Lipinski definition) is 0. The summed E-state index contributed by atoms with van der Waals surface area (Å²) in [4.78, 5) is 29.4. The van der Waals surface area contributed by atoms with Gasteiger partial charge in [0.2, 0.25) is 0 Å². The van der Waals surface area contributed by atoms with Crippen LogP contribution in [-0.4, -0.2) is 41.2 Å². The van der Waals surface area contributed by atoms with Crippen LogP contribution in [0.3, 0.4) is 0 Å². The number of likely N-dealkylation sites (tertiary alicyclic amines) is 1. The zero-order valence-corrected chi connectivity index (χ0v) is 15.3. The van der Waals surface area contributed by atoms with E-state index in [9.17, 15) is 9.59 Å². The van der Waals surface area contributed by atoms with Gasteiger partial charge in [-0.25, -0.2) is 0 Å². The summed E-state index contributed by atoms with van der Waals surface area (Å²) >= 11 is 0. The van der Waals surface area contributed by atoms with Crippen molar-refractivity contribution in [2.45, 2.75) is 33.6 Å². The molecule has 0 N–H and O–H groups in total. The SMILES string of the molecule is C=CCN1C(=O)C(c2ccc(C)c(C)c2)=C(N2CCC(C)CC2)C1=O. The Balaban J connectivity index is 2.08. The van der Waals surface area contributed by atoms with Gasteiger partial charge in [0, 0.05) is 19.6 Å². The first kappa shape index (κ1) is 17.5. The summed E-state index contributed by atoms with van der Waals surface area (Å²) in [6.07, 6.45) is 3.70. The van der Waals surface area contributed by atoms with Crippen molar-refractivity contribution in [3.8, 4) is 0 Å². The van der Waals surface area contributed by atoms with Crippen molar-refractivity contribution in [1.29, 1.82) is 0 Å². The topological polar surface area (TPSA) is 40.6 Å². The van der Waals surface area contributed by atoms with E-state index in [4.69, 9.17) is 0 Å². The van der Waals surface area contributed by atoms with E-state index < -0.39 is 0 Å². The molecule has 4 heteroatoms. The molecule has 2 aliphatic heterocycles. The number of hydrogen-bond acceptors (Lipinski definition) is 3. The lowest BCUT2D eigenvalue weighted by Gasteiger charge is -2.32. The van der Waals surface area contributed by atoms with Gasteiger partial charge in [0.15, 0.2) is 0 Å². The van der Waals surface area contributed by atoms with Crippen LogP contribution in [0.15, 0.2) is 36.6 Å². The highest BCUT2D eigenvalue weighted by Crippen LogP contribution is 2.34. The predicted octanol–water partition coefficient (Wildman–Crippen LogP) is 3.30. The Kier molecular flexibility index (Phi) is 4.80. The quantitative estimate of drug-likeness (QED) is 0.625. The average Bonchev–Trinajstić information content (AvgIpc) is 2.83. The molecule has 1 saturated heterocycles. The molecule has 2 amide bonds. The van der Waals surface area contributed by atoms with E-state index in [-0.39, 0.29) is 18.4 Å². The van der Waals surface area contributed by atoms with Gasteiger partial charge >= 0.3 is 0 Å². The molecule has 3 rings (SSSR count). The van der Waals surface area contributed by atoms with Gasteiger partial charge in [-0.15, -0.1) is 6.58 Å². The third-order valence-electron chi connectivity index (χ3n) is 5.35. The maximum atomic E-state index is 13.0. The molecule has 4 nitrogen and oxygen atoms in total. The largest absolute Gasteiger partial charge is 0.366 e. The zero-order valence-electron chi connectivity index (χ0n) is 15.3. The molecule has 25 heavy (non-hydrogen) atoms. The molecule has 1 aromatic carbocycles. The van der Waals surface area contributed by atoms with Crippen molar-refractivity contribution in [3.05, 3.63) is 53.2 Å². The summed E-state index contributed by atoms with van der Waals surface area (Å²) in [5.41, 5.74) is 4.25. The molecule has 2 heterocycles. The zero-order chi connectivity index (χ0) is 18.1. The van der Waals surface area contributed by atoms with Gasteiger partial charge in [0.1, 0.15) is 5.70 Å². The highest BCUT2D eigenvalue weighted by molar-refractivity contribution is 6.35. The summed E-state index contributed by atoms with van der Waals surface area (Å²) in [5.74, 6) is 0.271. The highest BCUT2D eigenvalue weighted by Gasteiger charge is 2.41. The molecule has 0 saturated carbocycles. The van der Waals surface area contributed by atoms with Gasteiger partial charge < -0.3 is 4.90 Å². The lowest BCUT2D eigenvalue weighted by atomic mass is 9.96.